The highest BCUT2D eigenvalue weighted by Gasteiger charge is 2.02. The maximum atomic E-state index is 11.0. The van der Waals surface area contributed by atoms with Gasteiger partial charge in [-0.15, -0.1) is 0 Å². The smallest absolute Gasteiger partial charge is 0.411 e. The van der Waals surface area contributed by atoms with Crippen LogP contribution in [0.15, 0.2) is 34.9 Å². The van der Waals surface area contributed by atoms with Gasteiger partial charge in [0.25, 0.3) is 0 Å². The summed E-state index contributed by atoms with van der Waals surface area (Å²) in [5.41, 5.74) is 1.55. The normalized spacial score (nSPS) is 10.1. The van der Waals surface area contributed by atoms with Crippen LogP contribution in [0.2, 0.25) is 0 Å². The van der Waals surface area contributed by atoms with E-state index < -0.39 is 6.09 Å². The Kier molecular flexibility index (Phi) is 3.05. The highest BCUT2D eigenvalue weighted by Crippen LogP contribution is 2.20. The van der Waals surface area contributed by atoms with Crippen LogP contribution in [0.4, 0.5) is 10.5 Å². The third kappa shape index (κ3) is 2.30. The van der Waals surface area contributed by atoms with Crippen molar-refractivity contribution in [3.05, 3.63) is 34.9 Å². The van der Waals surface area contributed by atoms with Crippen LogP contribution in [0, 0.1) is 0 Å². The second-order valence-electron chi connectivity index (χ2n) is 3.18. The zero-order valence-corrected chi connectivity index (χ0v) is 10.1. The molecule has 0 radical (unpaired) electrons. The largest absolute Gasteiger partial charge is 0.453 e. The van der Waals surface area contributed by atoms with Gasteiger partial charge in [0.2, 0.25) is 0 Å². The molecular weight excluding hydrogens is 272 g/mol. The summed E-state index contributed by atoms with van der Waals surface area (Å²) in [7, 11) is 1.33. The Hall–Kier alpha value is -1.62. The van der Waals surface area contributed by atoms with Gasteiger partial charge in [-0.25, -0.2) is 4.79 Å². The third-order valence-corrected chi connectivity index (χ3v) is 2.51. The number of aromatic nitrogens is 1. The first-order valence-corrected chi connectivity index (χ1v) is 5.38. The second kappa shape index (κ2) is 4.49. The average Bonchev–Trinajstić information content (AvgIpc) is 2.28. The SMILES string of the molecule is COC(=O)Nc1ccc2ncc(Br)cc2c1. The molecule has 4 nitrogen and oxygen atoms in total. The minimum absolute atomic E-state index is 0.484. The second-order valence-corrected chi connectivity index (χ2v) is 4.09. The Morgan fingerprint density at radius 2 is 2.25 bits per heavy atom. The Morgan fingerprint density at radius 1 is 1.44 bits per heavy atom. The lowest BCUT2D eigenvalue weighted by atomic mass is 10.2. The molecule has 0 saturated heterocycles. The topological polar surface area (TPSA) is 51.2 Å². The molecule has 0 aliphatic rings. The lowest BCUT2D eigenvalue weighted by Crippen LogP contribution is -2.10. The minimum Gasteiger partial charge on any atom is -0.453 e. The molecule has 16 heavy (non-hydrogen) atoms. The Morgan fingerprint density at radius 3 is 3.00 bits per heavy atom. The number of hydrogen-bond acceptors (Lipinski definition) is 3. The van der Waals surface area contributed by atoms with Crippen LogP contribution in [0.5, 0.6) is 0 Å². The van der Waals surface area contributed by atoms with Crippen molar-refractivity contribution >= 4 is 38.6 Å². The average molecular weight is 281 g/mol. The number of ether oxygens (including phenoxy) is 1. The van der Waals surface area contributed by atoms with Gasteiger partial charge in [0, 0.05) is 21.7 Å². The summed E-state index contributed by atoms with van der Waals surface area (Å²) < 4.78 is 5.41. The van der Waals surface area contributed by atoms with Crippen molar-refractivity contribution in [3.8, 4) is 0 Å². The molecule has 5 heteroatoms. The van der Waals surface area contributed by atoms with E-state index >= 15 is 0 Å². The number of nitrogens with zero attached hydrogens (tertiary/aromatic N) is 1. The summed E-state index contributed by atoms with van der Waals surface area (Å²) in [6.45, 7) is 0. The van der Waals surface area contributed by atoms with Gasteiger partial charge in [0.1, 0.15) is 0 Å². The lowest BCUT2D eigenvalue weighted by Gasteiger charge is -2.04. The summed E-state index contributed by atoms with van der Waals surface area (Å²) in [5.74, 6) is 0. The highest BCUT2D eigenvalue weighted by atomic mass is 79.9. The monoisotopic (exact) mass is 280 g/mol. The molecule has 0 aliphatic heterocycles. The standard InChI is InChI=1S/C11H9BrN2O2/c1-16-11(15)14-9-2-3-10-7(5-9)4-8(12)6-13-10/h2-6H,1H3,(H,14,15). The van der Waals surface area contributed by atoms with Gasteiger partial charge in [0.05, 0.1) is 12.6 Å². The first kappa shape index (κ1) is 10.9. The van der Waals surface area contributed by atoms with Crippen LogP contribution in [0.3, 0.4) is 0 Å². The molecule has 82 valence electrons. The molecule has 1 heterocycles. The Labute approximate surface area is 101 Å². The quantitative estimate of drug-likeness (QED) is 0.873. The van der Waals surface area contributed by atoms with Crippen molar-refractivity contribution in [1.82, 2.24) is 4.98 Å². The number of hydrogen-bond donors (Lipinski definition) is 1. The molecule has 1 aromatic carbocycles. The maximum absolute atomic E-state index is 11.0. The number of rotatable bonds is 1. The molecule has 0 saturated carbocycles. The van der Waals surface area contributed by atoms with Crippen LogP contribution < -0.4 is 5.32 Å². The molecule has 1 N–H and O–H groups in total. The van der Waals surface area contributed by atoms with Crippen molar-refractivity contribution in [1.29, 1.82) is 0 Å². The number of fused-ring (bicyclic) bond motifs is 1. The predicted molar refractivity (Wildman–Crippen MR) is 65.5 cm³/mol. The van der Waals surface area contributed by atoms with Crippen molar-refractivity contribution in [2.75, 3.05) is 12.4 Å². The van der Waals surface area contributed by atoms with E-state index in [4.69, 9.17) is 0 Å². The fraction of sp³-hybridized carbons (Fsp3) is 0.0909. The van der Waals surface area contributed by atoms with Crippen molar-refractivity contribution in [2.24, 2.45) is 0 Å². The van der Waals surface area contributed by atoms with Crippen molar-refractivity contribution < 1.29 is 9.53 Å². The van der Waals surface area contributed by atoms with Crippen LogP contribution in [-0.4, -0.2) is 18.2 Å². The maximum Gasteiger partial charge on any atom is 0.411 e. The van der Waals surface area contributed by atoms with Crippen LogP contribution >= 0.6 is 15.9 Å². The first-order valence-electron chi connectivity index (χ1n) is 4.59. The molecule has 0 unspecified atom stereocenters. The Balaban J connectivity index is 2.39. The molecule has 0 atom stereocenters. The molecule has 0 aliphatic carbocycles. The third-order valence-electron chi connectivity index (χ3n) is 2.08. The zero-order chi connectivity index (χ0) is 11.5. The number of amides is 1. The molecule has 2 rings (SSSR count). The van der Waals surface area contributed by atoms with Crippen LogP contribution in [0.1, 0.15) is 0 Å². The van der Waals surface area contributed by atoms with E-state index in [2.05, 4.69) is 31.0 Å². The number of methoxy groups -OCH3 is 1. The number of carbonyl (C=O) groups excluding carboxylic acids is 1. The van der Waals surface area contributed by atoms with Gasteiger partial charge in [-0.05, 0) is 40.2 Å². The fourth-order valence-corrected chi connectivity index (χ4v) is 1.70. The molecular formula is C11H9BrN2O2. The molecule has 0 bridgehead atoms. The van der Waals surface area contributed by atoms with Crippen molar-refractivity contribution in [3.63, 3.8) is 0 Å². The number of nitrogens with one attached hydrogen (secondary N) is 1. The van der Waals surface area contributed by atoms with E-state index in [1.165, 1.54) is 7.11 Å². The van der Waals surface area contributed by atoms with Gasteiger partial charge in [-0.2, -0.15) is 0 Å². The van der Waals surface area contributed by atoms with Crippen molar-refractivity contribution in [2.45, 2.75) is 0 Å². The van der Waals surface area contributed by atoms with E-state index in [0.29, 0.717) is 5.69 Å². The lowest BCUT2D eigenvalue weighted by molar-refractivity contribution is 0.187. The molecule has 0 fully saturated rings. The van der Waals surface area contributed by atoms with Crippen LogP contribution in [-0.2, 0) is 4.74 Å². The van der Waals surface area contributed by atoms with Gasteiger partial charge in [0.15, 0.2) is 0 Å². The summed E-state index contributed by atoms with van der Waals surface area (Å²) in [6, 6.07) is 7.39. The van der Waals surface area contributed by atoms with E-state index in [1.807, 2.05) is 18.2 Å². The highest BCUT2D eigenvalue weighted by molar-refractivity contribution is 9.10. The Bertz CT molecular complexity index is 542. The number of halogens is 1. The van der Waals surface area contributed by atoms with Gasteiger partial charge < -0.3 is 4.74 Å². The van der Waals surface area contributed by atoms with Gasteiger partial charge >= 0.3 is 6.09 Å². The summed E-state index contributed by atoms with van der Waals surface area (Å²) >= 11 is 3.35. The van der Waals surface area contributed by atoms with Crippen LogP contribution in [0.25, 0.3) is 10.9 Å². The van der Waals surface area contributed by atoms with Gasteiger partial charge in [-0.3, -0.25) is 10.3 Å². The van der Waals surface area contributed by atoms with Gasteiger partial charge in [-0.1, -0.05) is 0 Å². The molecule has 1 amide bonds. The molecule has 1 aromatic heterocycles. The first-order chi connectivity index (χ1) is 7.69. The number of carbonyl (C=O) groups is 1. The van der Waals surface area contributed by atoms with E-state index in [1.54, 1.807) is 12.3 Å². The summed E-state index contributed by atoms with van der Waals surface area (Å²) in [5, 5.41) is 3.55. The van der Waals surface area contributed by atoms with E-state index in [9.17, 15) is 4.79 Å². The van der Waals surface area contributed by atoms with E-state index in [-0.39, 0.29) is 0 Å². The summed E-state index contributed by atoms with van der Waals surface area (Å²) in [6.07, 6.45) is 1.25. The number of benzene rings is 1. The predicted octanol–water partition coefficient (Wildman–Crippen LogP) is 3.18. The minimum atomic E-state index is -0.484. The summed E-state index contributed by atoms with van der Waals surface area (Å²) in [4.78, 5) is 15.3. The van der Waals surface area contributed by atoms with E-state index in [0.717, 1.165) is 15.4 Å². The molecule has 0 spiro atoms. The molecule has 2 aromatic rings. The fourth-order valence-electron chi connectivity index (χ4n) is 1.35. The number of anilines is 1. The number of pyridine rings is 1. The zero-order valence-electron chi connectivity index (χ0n) is 8.53.